The maximum atomic E-state index is 12.7. The summed E-state index contributed by atoms with van der Waals surface area (Å²) in [6.07, 6.45) is 0. The van der Waals surface area contributed by atoms with Crippen molar-refractivity contribution in [3.05, 3.63) is 118 Å². The van der Waals surface area contributed by atoms with Gasteiger partial charge in [-0.1, -0.05) is 83.9 Å². The first-order chi connectivity index (χ1) is 19.0. The van der Waals surface area contributed by atoms with Crippen LogP contribution in [0.1, 0.15) is 15.9 Å². The molecule has 0 aromatic heterocycles. The van der Waals surface area contributed by atoms with Crippen molar-refractivity contribution in [1.29, 1.82) is 0 Å². The van der Waals surface area contributed by atoms with Crippen molar-refractivity contribution >= 4 is 57.8 Å². The Kier molecular flexibility index (Phi) is 8.79. The third kappa shape index (κ3) is 6.97. The molecule has 39 heavy (non-hydrogen) atoms. The molecule has 8 heteroatoms. The first kappa shape index (κ1) is 27.2. The van der Waals surface area contributed by atoms with Gasteiger partial charge in [0.25, 0.3) is 5.91 Å². The van der Waals surface area contributed by atoms with Gasteiger partial charge in [-0.3, -0.25) is 15.0 Å². The third-order valence-electron chi connectivity index (χ3n) is 6.75. The van der Waals surface area contributed by atoms with Crippen molar-refractivity contribution in [2.24, 2.45) is 0 Å². The molecule has 1 saturated heterocycles. The fraction of sp³-hybridized carbons (Fsp3) is 0.161. The van der Waals surface area contributed by atoms with E-state index < -0.39 is 0 Å². The highest BCUT2D eigenvalue weighted by molar-refractivity contribution is 7.80. The SMILES string of the molecule is O=C(NC(=S)Nc1ccc(N2CCN(Cc3ccccc3Cl)CC2)c(Cl)c1)c1ccc(-c2ccccc2)cc1. The average molecular weight is 576 g/mol. The topological polar surface area (TPSA) is 47.6 Å². The number of hydrogen-bond acceptors (Lipinski definition) is 4. The first-order valence-corrected chi connectivity index (χ1v) is 13.9. The van der Waals surface area contributed by atoms with Crippen molar-refractivity contribution in [2.75, 3.05) is 36.4 Å². The van der Waals surface area contributed by atoms with Crippen LogP contribution in [-0.2, 0) is 6.54 Å². The van der Waals surface area contributed by atoms with Crippen LogP contribution in [0.2, 0.25) is 10.0 Å². The monoisotopic (exact) mass is 574 g/mol. The maximum absolute atomic E-state index is 12.7. The normalized spacial score (nSPS) is 13.6. The minimum Gasteiger partial charge on any atom is -0.368 e. The zero-order valence-corrected chi connectivity index (χ0v) is 23.6. The Balaban J connectivity index is 1.13. The van der Waals surface area contributed by atoms with E-state index in [1.807, 2.05) is 78.9 Å². The number of thiocarbonyl (C=S) groups is 1. The molecule has 0 atom stereocenters. The lowest BCUT2D eigenvalue weighted by molar-refractivity contribution is 0.0977. The Bertz CT molecular complexity index is 1460. The lowest BCUT2D eigenvalue weighted by Crippen LogP contribution is -2.46. The van der Waals surface area contributed by atoms with Gasteiger partial charge < -0.3 is 10.2 Å². The summed E-state index contributed by atoms with van der Waals surface area (Å²) in [4.78, 5) is 17.4. The minimum atomic E-state index is -0.274. The summed E-state index contributed by atoms with van der Waals surface area (Å²) in [7, 11) is 0. The molecule has 0 unspecified atom stereocenters. The van der Waals surface area contributed by atoms with Crippen molar-refractivity contribution in [2.45, 2.75) is 6.54 Å². The highest BCUT2D eigenvalue weighted by Crippen LogP contribution is 2.30. The number of halogens is 2. The number of piperazine rings is 1. The van der Waals surface area contributed by atoms with Crippen LogP contribution >= 0.6 is 35.4 Å². The standard InChI is InChI=1S/C31H28Cl2N4OS/c32-27-9-5-4-8-25(27)21-36-16-18-37(19-17-36)29-15-14-26(20-28(29)33)34-31(39)35-30(38)24-12-10-23(11-13-24)22-6-2-1-3-7-22/h1-15,20H,16-19,21H2,(H2,34,35,38,39). The van der Waals surface area contributed by atoms with Crippen LogP contribution in [0.15, 0.2) is 97.1 Å². The van der Waals surface area contributed by atoms with Gasteiger partial charge in [0, 0.05) is 49.0 Å². The Morgan fingerprint density at radius 1 is 0.769 bits per heavy atom. The number of hydrogen-bond donors (Lipinski definition) is 2. The van der Waals surface area contributed by atoms with Crippen molar-refractivity contribution in [3.8, 4) is 11.1 Å². The third-order valence-corrected chi connectivity index (χ3v) is 7.63. The number of carbonyl (C=O) groups is 1. The van der Waals surface area contributed by atoms with E-state index in [1.54, 1.807) is 12.1 Å². The molecule has 4 aromatic carbocycles. The van der Waals surface area contributed by atoms with E-state index >= 15 is 0 Å². The van der Waals surface area contributed by atoms with Gasteiger partial charge in [-0.2, -0.15) is 0 Å². The summed E-state index contributed by atoms with van der Waals surface area (Å²) >= 11 is 18.4. The molecule has 4 aromatic rings. The molecule has 1 aliphatic rings. The van der Waals surface area contributed by atoms with Gasteiger partial charge in [-0.05, 0) is 65.3 Å². The van der Waals surface area contributed by atoms with Gasteiger partial charge in [0.2, 0.25) is 0 Å². The molecular formula is C31H28Cl2N4OS. The second-order valence-electron chi connectivity index (χ2n) is 9.37. The molecule has 5 nitrogen and oxygen atoms in total. The summed E-state index contributed by atoms with van der Waals surface area (Å²) in [5.41, 5.74) is 5.51. The summed E-state index contributed by atoms with van der Waals surface area (Å²) in [6, 6.07) is 31.2. The highest BCUT2D eigenvalue weighted by Gasteiger charge is 2.20. The minimum absolute atomic E-state index is 0.212. The molecule has 1 heterocycles. The van der Waals surface area contributed by atoms with Crippen molar-refractivity contribution < 1.29 is 4.79 Å². The van der Waals surface area contributed by atoms with Gasteiger partial charge in [-0.25, -0.2) is 0 Å². The molecule has 0 aliphatic carbocycles. The molecule has 1 fully saturated rings. The number of rotatable bonds is 6. The highest BCUT2D eigenvalue weighted by atomic mass is 35.5. The fourth-order valence-corrected chi connectivity index (χ4v) is 5.34. The second kappa shape index (κ2) is 12.6. The summed E-state index contributed by atoms with van der Waals surface area (Å²) in [5, 5.41) is 7.46. The Labute approximate surface area is 244 Å². The molecular weight excluding hydrogens is 547 g/mol. The summed E-state index contributed by atoms with van der Waals surface area (Å²) < 4.78 is 0. The van der Waals surface area contributed by atoms with Crippen LogP contribution in [0.5, 0.6) is 0 Å². The van der Waals surface area contributed by atoms with Gasteiger partial charge >= 0.3 is 0 Å². The van der Waals surface area contributed by atoms with Crippen LogP contribution < -0.4 is 15.5 Å². The van der Waals surface area contributed by atoms with E-state index in [1.165, 1.54) is 0 Å². The molecule has 0 bridgehead atoms. The van der Waals surface area contributed by atoms with Gasteiger partial charge in [-0.15, -0.1) is 0 Å². The smallest absolute Gasteiger partial charge is 0.257 e. The predicted octanol–water partition coefficient (Wildman–Crippen LogP) is 7.11. The van der Waals surface area contributed by atoms with Crippen molar-refractivity contribution in [1.82, 2.24) is 10.2 Å². The number of nitrogens with one attached hydrogen (secondary N) is 2. The van der Waals surface area contributed by atoms with E-state index in [0.717, 1.165) is 60.1 Å². The van der Waals surface area contributed by atoms with E-state index in [0.29, 0.717) is 16.3 Å². The average Bonchev–Trinajstić information content (AvgIpc) is 2.95. The van der Waals surface area contributed by atoms with E-state index in [2.05, 4.69) is 26.5 Å². The quantitative estimate of drug-likeness (QED) is 0.240. The van der Waals surface area contributed by atoms with E-state index in [-0.39, 0.29) is 11.0 Å². The lowest BCUT2D eigenvalue weighted by atomic mass is 10.0. The zero-order valence-electron chi connectivity index (χ0n) is 21.2. The Hall–Kier alpha value is -3.42. The molecule has 1 aliphatic heterocycles. The van der Waals surface area contributed by atoms with Crippen LogP contribution in [-0.4, -0.2) is 42.1 Å². The summed E-state index contributed by atoms with van der Waals surface area (Å²) in [6.45, 7) is 4.42. The molecule has 2 N–H and O–H groups in total. The van der Waals surface area contributed by atoms with Gasteiger partial charge in [0.15, 0.2) is 5.11 Å². The maximum Gasteiger partial charge on any atom is 0.257 e. The molecule has 1 amide bonds. The largest absolute Gasteiger partial charge is 0.368 e. The Morgan fingerprint density at radius 2 is 1.44 bits per heavy atom. The van der Waals surface area contributed by atoms with Crippen LogP contribution in [0, 0.1) is 0 Å². The van der Waals surface area contributed by atoms with Crippen LogP contribution in [0.3, 0.4) is 0 Å². The lowest BCUT2D eigenvalue weighted by Gasteiger charge is -2.36. The fourth-order valence-electron chi connectivity index (χ4n) is 4.64. The second-order valence-corrected chi connectivity index (χ2v) is 10.6. The molecule has 198 valence electrons. The van der Waals surface area contributed by atoms with Crippen LogP contribution in [0.25, 0.3) is 11.1 Å². The van der Waals surface area contributed by atoms with Crippen LogP contribution in [0.4, 0.5) is 11.4 Å². The predicted molar refractivity (Wildman–Crippen MR) is 166 cm³/mol. The number of nitrogens with zero attached hydrogens (tertiary/aromatic N) is 2. The first-order valence-electron chi connectivity index (χ1n) is 12.7. The number of carbonyl (C=O) groups excluding carboxylic acids is 1. The number of amides is 1. The Morgan fingerprint density at radius 3 is 2.13 bits per heavy atom. The zero-order chi connectivity index (χ0) is 27.2. The molecule has 0 radical (unpaired) electrons. The number of benzene rings is 4. The van der Waals surface area contributed by atoms with E-state index in [9.17, 15) is 4.79 Å². The molecule has 0 spiro atoms. The van der Waals surface area contributed by atoms with E-state index in [4.69, 9.17) is 35.4 Å². The van der Waals surface area contributed by atoms with Gasteiger partial charge in [0.1, 0.15) is 0 Å². The molecule has 0 saturated carbocycles. The summed E-state index contributed by atoms with van der Waals surface area (Å²) in [5.74, 6) is -0.274. The van der Waals surface area contributed by atoms with Crippen molar-refractivity contribution in [3.63, 3.8) is 0 Å². The van der Waals surface area contributed by atoms with Gasteiger partial charge in [0.05, 0.1) is 10.7 Å². The number of anilines is 2. The molecule has 5 rings (SSSR count).